The smallest absolute Gasteiger partial charge is 0.326 e. The summed E-state index contributed by atoms with van der Waals surface area (Å²) in [7, 11) is 0. The van der Waals surface area contributed by atoms with Gasteiger partial charge in [0.05, 0.1) is 6.42 Å². The fourth-order valence-corrected chi connectivity index (χ4v) is 2.08. The Morgan fingerprint density at radius 1 is 1.37 bits per heavy atom. The second-order valence-corrected chi connectivity index (χ2v) is 4.85. The van der Waals surface area contributed by atoms with Crippen LogP contribution < -0.4 is 0 Å². The maximum atomic E-state index is 12.8. The standard InChI is InChI=1S/C14H16FNO3/c1-9(14(18)19)16(12-6-7-12)13(17)8-10-2-4-11(15)5-3-10/h2-5,9,12H,6-8H2,1H3,(H,18,19). The number of carbonyl (C=O) groups excluding carboxylic acids is 1. The number of hydrogen-bond acceptors (Lipinski definition) is 2. The van der Waals surface area contributed by atoms with Crippen LogP contribution in [0.2, 0.25) is 0 Å². The van der Waals surface area contributed by atoms with Crippen LogP contribution in [0.25, 0.3) is 0 Å². The van der Waals surface area contributed by atoms with Crippen LogP contribution in [0.5, 0.6) is 0 Å². The zero-order chi connectivity index (χ0) is 14.0. The van der Waals surface area contributed by atoms with Gasteiger partial charge in [0.1, 0.15) is 11.9 Å². The van der Waals surface area contributed by atoms with Gasteiger partial charge in [-0.3, -0.25) is 4.79 Å². The SMILES string of the molecule is CC(C(=O)O)N(C(=O)Cc1ccc(F)cc1)C1CC1. The summed E-state index contributed by atoms with van der Waals surface area (Å²) in [5, 5.41) is 9.04. The van der Waals surface area contributed by atoms with Crippen molar-refractivity contribution in [2.24, 2.45) is 0 Å². The van der Waals surface area contributed by atoms with Gasteiger partial charge in [0.25, 0.3) is 0 Å². The van der Waals surface area contributed by atoms with Gasteiger partial charge in [-0.25, -0.2) is 9.18 Å². The predicted molar refractivity (Wildman–Crippen MR) is 67.1 cm³/mol. The highest BCUT2D eigenvalue weighted by molar-refractivity contribution is 5.85. The molecular weight excluding hydrogens is 249 g/mol. The van der Waals surface area contributed by atoms with Crippen molar-refractivity contribution < 1.29 is 19.1 Å². The molecule has 1 aromatic rings. The first-order valence-electron chi connectivity index (χ1n) is 6.27. The van der Waals surface area contributed by atoms with Crippen molar-refractivity contribution in [3.8, 4) is 0 Å². The van der Waals surface area contributed by atoms with Crippen LogP contribution in [0.1, 0.15) is 25.3 Å². The van der Waals surface area contributed by atoms with Crippen molar-refractivity contribution in [2.75, 3.05) is 0 Å². The Morgan fingerprint density at radius 2 is 1.95 bits per heavy atom. The molecule has 1 aromatic carbocycles. The molecule has 1 atom stereocenters. The minimum Gasteiger partial charge on any atom is -0.480 e. The number of benzene rings is 1. The molecule has 1 saturated carbocycles. The van der Waals surface area contributed by atoms with Gasteiger partial charge in [0.2, 0.25) is 5.91 Å². The van der Waals surface area contributed by atoms with Gasteiger partial charge in [-0.1, -0.05) is 12.1 Å². The molecule has 0 heterocycles. The fraction of sp³-hybridized carbons (Fsp3) is 0.429. The Morgan fingerprint density at radius 3 is 2.42 bits per heavy atom. The number of hydrogen-bond donors (Lipinski definition) is 1. The summed E-state index contributed by atoms with van der Waals surface area (Å²) < 4.78 is 12.8. The van der Waals surface area contributed by atoms with Gasteiger partial charge in [-0.2, -0.15) is 0 Å². The lowest BCUT2D eigenvalue weighted by molar-refractivity contribution is -0.149. The minimum atomic E-state index is -1.00. The van der Waals surface area contributed by atoms with Crippen LogP contribution in [0.15, 0.2) is 24.3 Å². The number of nitrogens with zero attached hydrogens (tertiary/aromatic N) is 1. The maximum Gasteiger partial charge on any atom is 0.326 e. The van der Waals surface area contributed by atoms with Crippen molar-refractivity contribution in [3.63, 3.8) is 0 Å². The lowest BCUT2D eigenvalue weighted by Gasteiger charge is -2.26. The van der Waals surface area contributed by atoms with E-state index in [9.17, 15) is 14.0 Å². The van der Waals surface area contributed by atoms with E-state index in [1.807, 2.05) is 0 Å². The monoisotopic (exact) mass is 265 g/mol. The van der Waals surface area contributed by atoms with Crippen molar-refractivity contribution in [1.82, 2.24) is 4.90 Å². The molecule has 1 amide bonds. The van der Waals surface area contributed by atoms with E-state index in [1.54, 1.807) is 12.1 Å². The summed E-state index contributed by atoms with van der Waals surface area (Å²) in [4.78, 5) is 24.7. The second-order valence-electron chi connectivity index (χ2n) is 4.85. The summed E-state index contributed by atoms with van der Waals surface area (Å²) in [6, 6.07) is 4.91. The quantitative estimate of drug-likeness (QED) is 0.883. The lowest BCUT2D eigenvalue weighted by atomic mass is 10.1. The van der Waals surface area contributed by atoms with Crippen LogP contribution in [-0.4, -0.2) is 34.0 Å². The molecule has 0 aromatic heterocycles. The third-order valence-electron chi connectivity index (χ3n) is 3.27. The Labute approximate surface area is 110 Å². The Balaban J connectivity index is 2.07. The molecule has 0 radical (unpaired) electrons. The number of aliphatic carboxylic acids is 1. The first-order valence-corrected chi connectivity index (χ1v) is 6.27. The topological polar surface area (TPSA) is 57.6 Å². The number of halogens is 1. The zero-order valence-electron chi connectivity index (χ0n) is 10.7. The fourth-order valence-electron chi connectivity index (χ4n) is 2.08. The van der Waals surface area contributed by atoms with Crippen LogP contribution in [0.3, 0.4) is 0 Å². The number of rotatable bonds is 5. The molecule has 0 saturated heterocycles. The molecule has 0 aliphatic heterocycles. The minimum absolute atomic E-state index is 0.0408. The van der Waals surface area contributed by atoms with Crippen LogP contribution in [-0.2, 0) is 16.0 Å². The highest BCUT2D eigenvalue weighted by Crippen LogP contribution is 2.29. The first kappa shape index (κ1) is 13.5. The highest BCUT2D eigenvalue weighted by Gasteiger charge is 2.38. The molecule has 1 unspecified atom stereocenters. The summed E-state index contributed by atoms with van der Waals surface area (Å²) in [5.74, 6) is -1.57. The van der Waals surface area contributed by atoms with Gasteiger partial charge in [-0.05, 0) is 37.5 Å². The second kappa shape index (κ2) is 5.38. The number of amides is 1. The van der Waals surface area contributed by atoms with Crippen molar-refractivity contribution in [2.45, 2.75) is 38.3 Å². The van der Waals surface area contributed by atoms with E-state index in [1.165, 1.54) is 24.0 Å². The summed E-state index contributed by atoms with van der Waals surface area (Å²) in [6.45, 7) is 1.52. The van der Waals surface area contributed by atoms with Crippen LogP contribution in [0, 0.1) is 5.82 Å². The largest absolute Gasteiger partial charge is 0.480 e. The Kier molecular flexibility index (Phi) is 3.83. The van der Waals surface area contributed by atoms with E-state index in [-0.39, 0.29) is 24.2 Å². The number of carbonyl (C=O) groups is 2. The number of carboxylic acids is 1. The summed E-state index contributed by atoms with van der Waals surface area (Å²) >= 11 is 0. The maximum absolute atomic E-state index is 12.8. The third kappa shape index (κ3) is 3.30. The van der Waals surface area contributed by atoms with Crippen molar-refractivity contribution in [1.29, 1.82) is 0 Å². The molecule has 0 spiro atoms. The molecule has 4 nitrogen and oxygen atoms in total. The van der Waals surface area contributed by atoms with E-state index >= 15 is 0 Å². The van der Waals surface area contributed by atoms with E-state index in [2.05, 4.69) is 0 Å². The average molecular weight is 265 g/mol. The van der Waals surface area contributed by atoms with E-state index in [4.69, 9.17) is 5.11 Å². The van der Waals surface area contributed by atoms with Gasteiger partial charge >= 0.3 is 5.97 Å². The molecule has 2 rings (SSSR count). The Bertz CT molecular complexity index is 482. The first-order chi connectivity index (χ1) is 8.99. The van der Waals surface area contributed by atoms with Gasteiger partial charge in [-0.15, -0.1) is 0 Å². The molecule has 1 aliphatic carbocycles. The molecule has 5 heteroatoms. The molecule has 102 valence electrons. The lowest BCUT2D eigenvalue weighted by Crippen LogP contribution is -2.45. The van der Waals surface area contributed by atoms with Crippen molar-refractivity contribution >= 4 is 11.9 Å². The van der Waals surface area contributed by atoms with Crippen LogP contribution in [0.4, 0.5) is 4.39 Å². The highest BCUT2D eigenvalue weighted by atomic mass is 19.1. The van der Waals surface area contributed by atoms with E-state index < -0.39 is 12.0 Å². The van der Waals surface area contributed by atoms with Crippen LogP contribution >= 0.6 is 0 Å². The summed E-state index contributed by atoms with van der Waals surface area (Å²) in [5.41, 5.74) is 0.689. The number of carboxylic acid groups (broad SMARTS) is 1. The zero-order valence-corrected chi connectivity index (χ0v) is 10.7. The van der Waals surface area contributed by atoms with Gasteiger partial charge < -0.3 is 10.0 Å². The van der Waals surface area contributed by atoms with E-state index in [0.717, 1.165) is 12.8 Å². The predicted octanol–water partition coefficient (Wildman–Crippen LogP) is 1.83. The molecule has 0 bridgehead atoms. The van der Waals surface area contributed by atoms with Crippen molar-refractivity contribution in [3.05, 3.63) is 35.6 Å². The summed E-state index contributed by atoms with van der Waals surface area (Å²) in [6.07, 6.45) is 1.81. The van der Waals surface area contributed by atoms with E-state index in [0.29, 0.717) is 5.56 Å². The Hall–Kier alpha value is -1.91. The molecular formula is C14H16FNO3. The third-order valence-corrected chi connectivity index (χ3v) is 3.27. The molecule has 1 N–H and O–H groups in total. The molecule has 1 fully saturated rings. The normalized spacial score (nSPS) is 15.9. The van der Waals surface area contributed by atoms with Gasteiger partial charge in [0.15, 0.2) is 0 Å². The average Bonchev–Trinajstić information content (AvgIpc) is 3.16. The van der Waals surface area contributed by atoms with Gasteiger partial charge in [0, 0.05) is 6.04 Å². The molecule has 1 aliphatic rings. The molecule has 19 heavy (non-hydrogen) atoms.